The van der Waals surface area contributed by atoms with Crippen molar-refractivity contribution < 1.29 is 22.5 Å². The van der Waals surface area contributed by atoms with Crippen molar-refractivity contribution in [2.24, 2.45) is 10.2 Å². The van der Waals surface area contributed by atoms with Crippen LogP contribution in [0.15, 0.2) is 68.4 Å². The van der Waals surface area contributed by atoms with Gasteiger partial charge in [0.2, 0.25) is 5.91 Å². The van der Waals surface area contributed by atoms with E-state index in [1.54, 1.807) is 30.3 Å². The molecular formula is C48H73N7O6S. The molecule has 0 atom stereocenters. The highest BCUT2D eigenvalue weighted by atomic mass is 32.2. The number of aryl methyl sites for hydroxylation is 2. The van der Waals surface area contributed by atoms with Gasteiger partial charge in [0.1, 0.15) is 22.1 Å². The molecule has 2 aromatic carbocycles. The SMILES string of the molecule is CCCCCCCCCCCCCCCCCC(=O)Nc1[nH]n(-c2ccc(Oc3ccccc3)c(S(=O)(=O)O)c2)c(=O)c1N=Nc1c(C)nn(CCCCCCCCCC)c1C. The van der Waals surface area contributed by atoms with Gasteiger partial charge < -0.3 is 10.1 Å². The van der Waals surface area contributed by atoms with Crippen LogP contribution in [0, 0.1) is 13.8 Å². The average molecular weight is 876 g/mol. The fraction of sp³-hybridized carbons (Fsp3) is 0.604. The molecule has 0 saturated heterocycles. The molecule has 4 aromatic rings. The van der Waals surface area contributed by atoms with Crippen LogP contribution in [0.3, 0.4) is 0 Å². The number of amides is 1. The van der Waals surface area contributed by atoms with E-state index >= 15 is 0 Å². The minimum Gasteiger partial charge on any atom is -0.456 e. The molecule has 0 aliphatic rings. The number of hydrogen-bond donors (Lipinski definition) is 3. The van der Waals surface area contributed by atoms with Crippen molar-refractivity contribution in [1.29, 1.82) is 0 Å². The number of carbonyl (C=O) groups is 1. The van der Waals surface area contributed by atoms with Gasteiger partial charge in [0.15, 0.2) is 11.5 Å². The third-order valence-electron chi connectivity index (χ3n) is 11.4. The average Bonchev–Trinajstić information content (AvgIpc) is 3.70. The van der Waals surface area contributed by atoms with Crippen molar-refractivity contribution >= 4 is 33.2 Å². The second kappa shape index (κ2) is 27.5. The molecule has 62 heavy (non-hydrogen) atoms. The molecule has 13 nitrogen and oxygen atoms in total. The third-order valence-corrected chi connectivity index (χ3v) is 12.3. The molecule has 2 heterocycles. The standard InChI is InChI=1S/C48H73N7O6S/c1-5-7-9-11-13-15-16-17-18-19-20-21-22-24-29-33-44(56)49-47-46(51-50-45-38(3)52-54(39(45)4)36-30-25-23-14-12-10-8-6-2)48(57)55(53-47)40-34-35-42(43(37-40)62(58,59)60)61-41-31-27-26-28-32-41/h26-28,31-32,34-35,37,53H,5-25,29-30,33,36H2,1-4H3,(H,49,56)(H,58,59,60). The number of H-pyrrole nitrogens is 1. The van der Waals surface area contributed by atoms with Crippen LogP contribution < -0.4 is 15.6 Å². The van der Waals surface area contributed by atoms with Gasteiger partial charge in [-0.05, 0) is 57.0 Å². The fourth-order valence-corrected chi connectivity index (χ4v) is 8.37. The minimum atomic E-state index is -4.79. The van der Waals surface area contributed by atoms with Crippen LogP contribution in [0.4, 0.5) is 17.2 Å². The smallest absolute Gasteiger partial charge is 0.301 e. The Morgan fingerprint density at radius 2 is 1.24 bits per heavy atom. The van der Waals surface area contributed by atoms with E-state index in [0.29, 0.717) is 23.6 Å². The van der Waals surface area contributed by atoms with Gasteiger partial charge >= 0.3 is 5.56 Å². The Morgan fingerprint density at radius 1 is 0.726 bits per heavy atom. The molecule has 342 valence electrons. The Hall–Kier alpha value is -4.56. The zero-order valence-electron chi connectivity index (χ0n) is 37.9. The number of ether oxygens (including phenoxy) is 1. The van der Waals surface area contributed by atoms with Gasteiger partial charge in [0.05, 0.1) is 17.1 Å². The number of unbranched alkanes of at least 4 members (excludes halogenated alkanes) is 21. The molecule has 1 amide bonds. The van der Waals surface area contributed by atoms with Gasteiger partial charge in [0, 0.05) is 13.0 Å². The third kappa shape index (κ3) is 17.0. The summed E-state index contributed by atoms with van der Waals surface area (Å²) in [5, 5.41) is 19.3. The number of para-hydroxylation sites is 1. The topological polar surface area (TPSA) is 173 Å². The van der Waals surface area contributed by atoms with Gasteiger partial charge in [-0.1, -0.05) is 167 Å². The van der Waals surface area contributed by atoms with E-state index in [2.05, 4.69) is 34.5 Å². The van der Waals surface area contributed by atoms with Crippen molar-refractivity contribution in [1.82, 2.24) is 19.6 Å². The van der Waals surface area contributed by atoms with Crippen LogP contribution in [0.2, 0.25) is 0 Å². The molecule has 2 aromatic heterocycles. The number of benzene rings is 2. The number of nitrogens with zero attached hydrogens (tertiary/aromatic N) is 5. The van der Waals surface area contributed by atoms with Crippen LogP contribution in [0.25, 0.3) is 5.69 Å². The number of rotatable bonds is 32. The maximum atomic E-state index is 14.1. The molecular weight excluding hydrogens is 803 g/mol. The summed E-state index contributed by atoms with van der Waals surface area (Å²) in [6.07, 6.45) is 28.2. The predicted octanol–water partition coefficient (Wildman–Crippen LogP) is 13.8. The fourth-order valence-electron chi connectivity index (χ4n) is 7.73. The first-order chi connectivity index (χ1) is 30.0. The quantitative estimate of drug-likeness (QED) is 0.0249. The number of aromatic nitrogens is 4. The van der Waals surface area contributed by atoms with E-state index in [1.165, 1.54) is 121 Å². The predicted molar refractivity (Wildman–Crippen MR) is 249 cm³/mol. The summed E-state index contributed by atoms with van der Waals surface area (Å²) in [5.74, 6) is -0.0469. The van der Waals surface area contributed by atoms with E-state index in [4.69, 9.17) is 9.84 Å². The summed E-state index contributed by atoms with van der Waals surface area (Å²) in [5.41, 5.74) is 1.22. The molecule has 0 saturated carbocycles. The Labute approximate surface area is 370 Å². The van der Waals surface area contributed by atoms with Gasteiger partial charge in [-0.2, -0.15) is 13.5 Å². The molecule has 0 unspecified atom stereocenters. The summed E-state index contributed by atoms with van der Waals surface area (Å²) in [6, 6.07) is 12.5. The van der Waals surface area contributed by atoms with E-state index in [9.17, 15) is 22.6 Å². The molecule has 0 fully saturated rings. The van der Waals surface area contributed by atoms with Crippen molar-refractivity contribution in [3.8, 4) is 17.2 Å². The summed E-state index contributed by atoms with van der Waals surface area (Å²) >= 11 is 0. The largest absolute Gasteiger partial charge is 0.456 e. The lowest BCUT2D eigenvalue weighted by molar-refractivity contribution is -0.116. The number of aromatic amines is 1. The highest BCUT2D eigenvalue weighted by Gasteiger charge is 2.23. The zero-order valence-corrected chi connectivity index (χ0v) is 38.7. The van der Waals surface area contributed by atoms with Gasteiger partial charge in [-0.25, -0.2) is 4.68 Å². The Morgan fingerprint density at radius 3 is 1.79 bits per heavy atom. The molecule has 4 rings (SSSR count). The van der Waals surface area contributed by atoms with E-state index in [-0.39, 0.29) is 35.3 Å². The Kier molecular flexibility index (Phi) is 22.2. The first-order valence-corrected chi connectivity index (χ1v) is 24.9. The molecule has 0 spiro atoms. The van der Waals surface area contributed by atoms with Crippen molar-refractivity contribution in [3.63, 3.8) is 0 Å². The molecule has 0 bridgehead atoms. The normalized spacial score (nSPS) is 11.8. The van der Waals surface area contributed by atoms with Crippen LogP contribution in [0.1, 0.15) is 179 Å². The highest BCUT2D eigenvalue weighted by molar-refractivity contribution is 7.86. The van der Waals surface area contributed by atoms with Crippen molar-refractivity contribution in [2.45, 2.75) is 193 Å². The lowest BCUT2D eigenvalue weighted by Crippen LogP contribution is -2.15. The lowest BCUT2D eigenvalue weighted by atomic mass is 10.0. The monoisotopic (exact) mass is 876 g/mol. The first kappa shape index (κ1) is 50.1. The van der Waals surface area contributed by atoms with Gasteiger partial charge in [0.25, 0.3) is 10.1 Å². The second-order valence-corrected chi connectivity index (χ2v) is 18.1. The second-order valence-electron chi connectivity index (χ2n) is 16.7. The van der Waals surface area contributed by atoms with E-state index in [0.717, 1.165) is 55.1 Å². The molecule has 3 N–H and O–H groups in total. The molecule has 0 aliphatic carbocycles. The first-order valence-electron chi connectivity index (χ1n) is 23.5. The number of hydrogen-bond acceptors (Lipinski definition) is 8. The lowest BCUT2D eigenvalue weighted by Gasteiger charge is -2.11. The van der Waals surface area contributed by atoms with Crippen molar-refractivity contribution in [2.75, 3.05) is 5.32 Å². The maximum Gasteiger partial charge on any atom is 0.301 e. The van der Waals surface area contributed by atoms with Crippen molar-refractivity contribution in [3.05, 3.63) is 70.3 Å². The minimum absolute atomic E-state index is 0.0179. The summed E-state index contributed by atoms with van der Waals surface area (Å²) in [4.78, 5) is 26.8. The Bertz CT molecular complexity index is 2120. The maximum absolute atomic E-state index is 14.1. The van der Waals surface area contributed by atoms with Gasteiger partial charge in [-0.15, -0.1) is 10.2 Å². The van der Waals surface area contributed by atoms with Crippen LogP contribution in [-0.2, 0) is 21.5 Å². The highest BCUT2D eigenvalue weighted by Crippen LogP contribution is 2.32. The summed E-state index contributed by atoms with van der Waals surface area (Å²) in [6.45, 7) is 8.99. The number of nitrogens with one attached hydrogen (secondary N) is 2. The van der Waals surface area contributed by atoms with E-state index < -0.39 is 20.6 Å². The summed E-state index contributed by atoms with van der Waals surface area (Å²) in [7, 11) is -4.79. The van der Waals surface area contributed by atoms with Crippen LogP contribution in [0.5, 0.6) is 11.5 Å². The zero-order chi connectivity index (χ0) is 44.6. The van der Waals surface area contributed by atoms with Crippen LogP contribution in [-0.4, -0.2) is 38.4 Å². The molecule has 0 radical (unpaired) electrons. The number of anilines is 1. The molecule has 0 aliphatic heterocycles. The van der Waals surface area contributed by atoms with Crippen LogP contribution >= 0.6 is 0 Å². The van der Waals surface area contributed by atoms with E-state index in [1.807, 2.05) is 18.5 Å². The number of azo groups is 1. The summed E-state index contributed by atoms with van der Waals surface area (Å²) < 4.78 is 44.1. The molecule has 14 heteroatoms. The Balaban J connectivity index is 1.43. The van der Waals surface area contributed by atoms with Gasteiger partial charge in [-0.3, -0.25) is 23.9 Å². The number of carbonyl (C=O) groups excluding carboxylic acids is 1.